The highest BCUT2D eigenvalue weighted by Crippen LogP contribution is 2.24. The largest absolute Gasteiger partial charge is 0.462 e. The minimum absolute atomic E-state index is 0.169. The van der Waals surface area contributed by atoms with Gasteiger partial charge in [-0.05, 0) is 48.4 Å². The molecule has 0 spiro atoms. The maximum atomic E-state index is 12.2. The minimum atomic E-state index is -0.326. The SMILES string of the molecule is O=C(OCC1CCCCC1)c1cccc(NC(=O)c2cccs2)c1. The molecule has 0 atom stereocenters. The van der Waals surface area contributed by atoms with Crippen LogP contribution in [0.5, 0.6) is 0 Å². The van der Waals surface area contributed by atoms with Crippen molar-refractivity contribution < 1.29 is 14.3 Å². The zero-order valence-electron chi connectivity index (χ0n) is 13.5. The lowest BCUT2D eigenvalue weighted by Gasteiger charge is -2.21. The van der Waals surface area contributed by atoms with E-state index in [4.69, 9.17) is 4.74 Å². The number of anilines is 1. The second kappa shape index (κ2) is 8.11. The van der Waals surface area contributed by atoms with Crippen LogP contribution in [0, 0.1) is 5.92 Å². The van der Waals surface area contributed by atoms with Gasteiger partial charge in [0.2, 0.25) is 0 Å². The Balaban J connectivity index is 1.57. The highest BCUT2D eigenvalue weighted by molar-refractivity contribution is 7.12. The van der Waals surface area contributed by atoms with Gasteiger partial charge in [0.25, 0.3) is 5.91 Å². The number of carbonyl (C=O) groups excluding carboxylic acids is 2. The Kier molecular flexibility index (Phi) is 5.64. The molecule has 1 aliphatic rings. The van der Waals surface area contributed by atoms with Crippen molar-refractivity contribution in [3.8, 4) is 0 Å². The lowest BCUT2D eigenvalue weighted by Crippen LogP contribution is -2.17. The number of hydrogen-bond donors (Lipinski definition) is 1. The van der Waals surface area contributed by atoms with E-state index in [0.29, 0.717) is 28.7 Å². The molecule has 0 aliphatic heterocycles. The van der Waals surface area contributed by atoms with Crippen molar-refractivity contribution in [3.63, 3.8) is 0 Å². The van der Waals surface area contributed by atoms with Gasteiger partial charge in [0.15, 0.2) is 0 Å². The summed E-state index contributed by atoms with van der Waals surface area (Å²) in [6.07, 6.45) is 6.03. The predicted molar refractivity (Wildman–Crippen MR) is 95.6 cm³/mol. The second-order valence-electron chi connectivity index (χ2n) is 6.11. The normalized spacial score (nSPS) is 15.0. The van der Waals surface area contributed by atoms with Crippen LogP contribution < -0.4 is 5.32 Å². The van der Waals surface area contributed by atoms with E-state index in [9.17, 15) is 9.59 Å². The molecule has 1 aromatic heterocycles. The molecule has 3 rings (SSSR count). The fourth-order valence-electron chi connectivity index (χ4n) is 2.96. The molecular formula is C19H21NO3S. The summed E-state index contributed by atoms with van der Waals surface area (Å²) in [6, 6.07) is 10.5. The van der Waals surface area contributed by atoms with Crippen molar-refractivity contribution in [2.24, 2.45) is 5.92 Å². The molecule has 1 aromatic carbocycles. The molecule has 4 nitrogen and oxygen atoms in total. The third kappa shape index (κ3) is 4.45. The molecule has 1 amide bonds. The average molecular weight is 343 g/mol. The molecule has 1 aliphatic carbocycles. The van der Waals surface area contributed by atoms with Crippen molar-refractivity contribution in [3.05, 3.63) is 52.2 Å². The van der Waals surface area contributed by atoms with Crippen molar-refractivity contribution in [2.45, 2.75) is 32.1 Å². The van der Waals surface area contributed by atoms with Gasteiger partial charge < -0.3 is 10.1 Å². The first-order chi connectivity index (χ1) is 11.7. The van der Waals surface area contributed by atoms with E-state index < -0.39 is 0 Å². The summed E-state index contributed by atoms with van der Waals surface area (Å²) in [7, 11) is 0. The van der Waals surface area contributed by atoms with E-state index in [1.807, 2.05) is 11.4 Å². The van der Waals surface area contributed by atoms with Crippen molar-refractivity contribution in [1.29, 1.82) is 0 Å². The van der Waals surface area contributed by atoms with Crippen LogP contribution >= 0.6 is 11.3 Å². The van der Waals surface area contributed by atoms with Crippen molar-refractivity contribution in [2.75, 3.05) is 11.9 Å². The van der Waals surface area contributed by atoms with E-state index >= 15 is 0 Å². The van der Waals surface area contributed by atoms with Crippen LogP contribution in [0.15, 0.2) is 41.8 Å². The summed E-state index contributed by atoms with van der Waals surface area (Å²) in [6.45, 7) is 0.491. The average Bonchev–Trinajstić information content (AvgIpc) is 3.15. The molecule has 126 valence electrons. The Labute approximate surface area is 145 Å². The van der Waals surface area contributed by atoms with Crippen LogP contribution in [0.4, 0.5) is 5.69 Å². The standard InChI is InChI=1S/C19H21NO3S/c21-18(17-10-5-11-24-17)20-16-9-4-8-15(12-16)19(22)23-13-14-6-2-1-3-7-14/h4-5,8-12,14H,1-3,6-7,13H2,(H,20,21). The molecule has 0 unspecified atom stereocenters. The summed E-state index contributed by atoms with van der Waals surface area (Å²) >= 11 is 1.38. The zero-order valence-corrected chi connectivity index (χ0v) is 14.3. The smallest absolute Gasteiger partial charge is 0.338 e. The van der Waals surface area contributed by atoms with Gasteiger partial charge in [-0.15, -0.1) is 11.3 Å². The number of rotatable bonds is 5. The van der Waals surface area contributed by atoms with Gasteiger partial charge in [0.1, 0.15) is 0 Å². The van der Waals surface area contributed by atoms with Gasteiger partial charge in [-0.2, -0.15) is 0 Å². The molecule has 24 heavy (non-hydrogen) atoms. The molecule has 0 bridgehead atoms. The van der Waals surface area contributed by atoms with Crippen LogP contribution in [-0.4, -0.2) is 18.5 Å². The highest BCUT2D eigenvalue weighted by atomic mass is 32.1. The van der Waals surface area contributed by atoms with Crippen LogP contribution in [-0.2, 0) is 4.74 Å². The molecule has 1 N–H and O–H groups in total. The third-order valence-electron chi connectivity index (χ3n) is 4.28. The number of benzene rings is 1. The van der Waals surface area contributed by atoms with Gasteiger partial charge in [0.05, 0.1) is 17.0 Å². The van der Waals surface area contributed by atoms with E-state index in [0.717, 1.165) is 12.8 Å². The van der Waals surface area contributed by atoms with Gasteiger partial charge in [0, 0.05) is 5.69 Å². The number of carbonyl (C=O) groups is 2. The first kappa shape index (κ1) is 16.7. The molecule has 1 saturated carbocycles. The van der Waals surface area contributed by atoms with Crippen LogP contribution in [0.2, 0.25) is 0 Å². The van der Waals surface area contributed by atoms with Crippen LogP contribution in [0.25, 0.3) is 0 Å². The maximum Gasteiger partial charge on any atom is 0.338 e. The monoisotopic (exact) mass is 343 g/mol. The number of esters is 1. The number of thiophene rings is 1. The zero-order chi connectivity index (χ0) is 16.8. The van der Waals surface area contributed by atoms with Gasteiger partial charge >= 0.3 is 5.97 Å². The van der Waals surface area contributed by atoms with Gasteiger partial charge in [-0.1, -0.05) is 31.4 Å². The Morgan fingerprint density at radius 2 is 1.96 bits per heavy atom. The number of amides is 1. The topological polar surface area (TPSA) is 55.4 Å². The third-order valence-corrected chi connectivity index (χ3v) is 5.14. The van der Waals surface area contributed by atoms with E-state index in [1.54, 1.807) is 30.3 Å². The Morgan fingerprint density at radius 3 is 2.71 bits per heavy atom. The summed E-state index contributed by atoms with van der Waals surface area (Å²) in [5, 5.41) is 4.66. The number of ether oxygens (including phenoxy) is 1. The molecule has 5 heteroatoms. The molecule has 1 heterocycles. The Hall–Kier alpha value is -2.14. The quantitative estimate of drug-likeness (QED) is 0.798. The van der Waals surface area contributed by atoms with E-state index in [-0.39, 0.29) is 11.9 Å². The van der Waals surface area contributed by atoms with Crippen LogP contribution in [0.1, 0.15) is 52.1 Å². The first-order valence-electron chi connectivity index (χ1n) is 8.34. The Morgan fingerprint density at radius 1 is 1.12 bits per heavy atom. The Bertz CT molecular complexity index is 690. The summed E-state index contributed by atoms with van der Waals surface area (Å²) in [5.41, 5.74) is 1.07. The summed E-state index contributed by atoms with van der Waals surface area (Å²) in [4.78, 5) is 24.9. The maximum absolute atomic E-state index is 12.2. The first-order valence-corrected chi connectivity index (χ1v) is 9.22. The fraction of sp³-hybridized carbons (Fsp3) is 0.368. The fourth-order valence-corrected chi connectivity index (χ4v) is 3.57. The predicted octanol–water partition coefficient (Wildman–Crippen LogP) is 4.74. The molecule has 2 aromatic rings. The summed E-state index contributed by atoms with van der Waals surface area (Å²) < 4.78 is 5.45. The van der Waals surface area contributed by atoms with Gasteiger partial charge in [-0.3, -0.25) is 4.79 Å². The van der Waals surface area contributed by atoms with Crippen LogP contribution in [0.3, 0.4) is 0 Å². The second-order valence-corrected chi connectivity index (χ2v) is 7.06. The number of hydrogen-bond acceptors (Lipinski definition) is 4. The van der Waals surface area contributed by atoms with Crippen molar-refractivity contribution >= 4 is 28.9 Å². The van der Waals surface area contributed by atoms with Crippen molar-refractivity contribution in [1.82, 2.24) is 0 Å². The molecule has 1 fully saturated rings. The minimum Gasteiger partial charge on any atom is -0.462 e. The number of nitrogens with one attached hydrogen (secondary N) is 1. The lowest BCUT2D eigenvalue weighted by molar-refractivity contribution is 0.0410. The van der Waals surface area contributed by atoms with E-state index in [1.165, 1.54) is 30.6 Å². The highest BCUT2D eigenvalue weighted by Gasteiger charge is 2.16. The van der Waals surface area contributed by atoms with E-state index in [2.05, 4.69) is 5.32 Å². The van der Waals surface area contributed by atoms with Gasteiger partial charge in [-0.25, -0.2) is 4.79 Å². The summed E-state index contributed by atoms with van der Waals surface area (Å²) in [5.74, 6) is -0.00469. The molecule has 0 radical (unpaired) electrons. The molecular weight excluding hydrogens is 322 g/mol. The molecule has 0 saturated heterocycles. The lowest BCUT2D eigenvalue weighted by atomic mass is 9.90.